The summed E-state index contributed by atoms with van der Waals surface area (Å²) in [4.78, 5) is 37.9. The fraction of sp³-hybridized carbons (Fsp3) is 0.943. The number of carbonyl (C=O) groups excluding carboxylic acids is 3. The van der Waals surface area contributed by atoms with Crippen LogP contribution in [0.25, 0.3) is 0 Å². The average Bonchev–Trinajstić information content (AvgIpc) is 3.22. The van der Waals surface area contributed by atoms with Crippen molar-refractivity contribution in [1.29, 1.82) is 0 Å². The topological polar surface area (TPSA) is 78.9 Å². The number of ether oxygens (including phenoxy) is 3. The molecule has 0 aromatic carbocycles. The third-order valence-corrected chi connectivity index (χ3v) is 12.3. The van der Waals surface area contributed by atoms with Gasteiger partial charge in [-0.25, -0.2) is 0 Å². The van der Waals surface area contributed by atoms with Crippen molar-refractivity contribution in [3.8, 4) is 0 Å². The van der Waals surface area contributed by atoms with Gasteiger partial charge in [-0.1, -0.05) is 253 Å². The first-order valence-corrected chi connectivity index (χ1v) is 26.3. The van der Waals surface area contributed by atoms with Crippen LogP contribution in [0, 0.1) is 11.8 Å². The second-order valence-corrected chi connectivity index (χ2v) is 18.9. The van der Waals surface area contributed by atoms with Crippen LogP contribution in [0.4, 0.5) is 0 Å². The minimum absolute atomic E-state index is 0.0638. The van der Waals surface area contributed by atoms with Gasteiger partial charge in [0.2, 0.25) is 0 Å². The van der Waals surface area contributed by atoms with Crippen molar-refractivity contribution in [1.82, 2.24) is 0 Å². The van der Waals surface area contributed by atoms with Gasteiger partial charge < -0.3 is 14.2 Å². The summed E-state index contributed by atoms with van der Waals surface area (Å²) in [7, 11) is 0. The molecule has 2 atom stereocenters. The van der Waals surface area contributed by atoms with E-state index in [9.17, 15) is 14.4 Å². The Morgan fingerprint density at radius 1 is 0.356 bits per heavy atom. The lowest BCUT2D eigenvalue weighted by molar-refractivity contribution is -0.167. The molecular formula is C53H102O6. The van der Waals surface area contributed by atoms with E-state index in [4.69, 9.17) is 14.2 Å². The largest absolute Gasteiger partial charge is 0.462 e. The highest BCUT2D eigenvalue weighted by atomic mass is 16.6. The number of hydrogen-bond donors (Lipinski definition) is 0. The summed E-state index contributed by atoms with van der Waals surface area (Å²) in [5, 5.41) is 0. The predicted octanol–water partition coefficient (Wildman–Crippen LogP) is 16.9. The second kappa shape index (κ2) is 45.9. The number of carbonyl (C=O) groups is 3. The molecule has 0 aromatic heterocycles. The Bertz CT molecular complexity index is 902. The van der Waals surface area contributed by atoms with Crippen molar-refractivity contribution in [3.05, 3.63) is 0 Å². The first kappa shape index (κ1) is 57.4. The summed E-state index contributed by atoms with van der Waals surface area (Å²) in [6.07, 6.45) is 46.5. The van der Waals surface area contributed by atoms with E-state index in [1.165, 1.54) is 180 Å². The van der Waals surface area contributed by atoms with Crippen LogP contribution in [0.2, 0.25) is 0 Å². The predicted molar refractivity (Wildman–Crippen MR) is 252 cm³/mol. The third-order valence-electron chi connectivity index (χ3n) is 12.3. The maximum absolute atomic E-state index is 12.8. The van der Waals surface area contributed by atoms with E-state index in [0.717, 1.165) is 69.6 Å². The molecule has 350 valence electrons. The highest BCUT2D eigenvalue weighted by Gasteiger charge is 2.19. The maximum Gasteiger partial charge on any atom is 0.306 e. The van der Waals surface area contributed by atoms with E-state index in [1.807, 2.05) is 0 Å². The molecule has 0 bridgehead atoms. The molecule has 0 aliphatic carbocycles. The molecule has 6 nitrogen and oxygen atoms in total. The Morgan fingerprint density at radius 3 is 0.966 bits per heavy atom. The first-order valence-electron chi connectivity index (χ1n) is 26.3. The van der Waals surface area contributed by atoms with Crippen molar-refractivity contribution < 1.29 is 28.6 Å². The molecule has 0 amide bonds. The Morgan fingerprint density at radius 2 is 0.644 bits per heavy atom. The molecule has 0 aliphatic heterocycles. The molecule has 0 fully saturated rings. The summed E-state index contributed by atoms with van der Waals surface area (Å²) in [5.74, 6) is 0.847. The Labute approximate surface area is 368 Å². The van der Waals surface area contributed by atoms with E-state index in [1.54, 1.807) is 0 Å². The molecule has 0 aliphatic rings. The van der Waals surface area contributed by atoms with E-state index in [0.29, 0.717) is 19.3 Å². The van der Waals surface area contributed by atoms with Gasteiger partial charge in [-0.3, -0.25) is 14.4 Å². The van der Waals surface area contributed by atoms with Crippen LogP contribution in [0.3, 0.4) is 0 Å². The van der Waals surface area contributed by atoms with Gasteiger partial charge in [0.15, 0.2) is 6.10 Å². The van der Waals surface area contributed by atoms with Crippen LogP contribution in [0.1, 0.15) is 291 Å². The number of rotatable bonds is 47. The van der Waals surface area contributed by atoms with E-state index < -0.39 is 6.10 Å². The summed E-state index contributed by atoms with van der Waals surface area (Å²) in [6, 6.07) is 0. The van der Waals surface area contributed by atoms with Crippen LogP contribution < -0.4 is 0 Å². The minimum atomic E-state index is -0.761. The molecular weight excluding hydrogens is 733 g/mol. The summed E-state index contributed by atoms with van der Waals surface area (Å²) >= 11 is 0. The van der Waals surface area contributed by atoms with Crippen molar-refractivity contribution in [2.75, 3.05) is 13.2 Å². The Kier molecular flexibility index (Phi) is 44.7. The van der Waals surface area contributed by atoms with Gasteiger partial charge in [0, 0.05) is 19.3 Å². The molecule has 0 rings (SSSR count). The average molecular weight is 835 g/mol. The zero-order valence-corrected chi connectivity index (χ0v) is 40.4. The molecule has 6 heteroatoms. The molecule has 1 unspecified atom stereocenters. The number of unbranched alkanes of at least 4 members (excludes halogenated alkanes) is 31. The molecule has 0 heterocycles. The second-order valence-electron chi connectivity index (χ2n) is 18.9. The lowest BCUT2D eigenvalue weighted by Gasteiger charge is -2.18. The summed E-state index contributed by atoms with van der Waals surface area (Å²) in [5.41, 5.74) is 0. The van der Waals surface area contributed by atoms with Gasteiger partial charge in [-0.15, -0.1) is 0 Å². The normalized spacial score (nSPS) is 12.5. The number of esters is 3. The molecule has 0 spiro atoms. The summed E-state index contributed by atoms with van der Waals surface area (Å²) in [6.45, 7) is 11.4. The van der Waals surface area contributed by atoms with Crippen LogP contribution in [-0.2, 0) is 28.6 Å². The minimum Gasteiger partial charge on any atom is -0.462 e. The molecule has 0 aromatic rings. The monoisotopic (exact) mass is 835 g/mol. The van der Waals surface area contributed by atoms with Crippen molar-refractivity contribution in [3.63, 3.8) is 0 Å². The molecule has 0 N–H and O–H groups in total. The van der Waals surface area contributed by atoms with Gasteiger partial charge in [0.25, 0.3) is 0 Å². The van der Waals surface area contributed by atoms with Gasteiger partial charge in [-0.2, -0.15) is 0 Å². The fourth-order valence-corrected chi connectivity index (χ4v) is 7.96. The lowest BCUT2D eigenvalue weighted by Crippen LogP contribution is -2.30. The molecule has 0 saturated heterocycles. The Balaban J connectivity index is 4.29. The molecule has 0 saturated carbocycles. The zero-order chi connectivity index (χ0) is 43.3. The summed E-state index contributed by atoms with van der Waals surface area (Å²) < 4.78 is 16.8. The van der Waals surface area contributed by atoms with Crippen molar-refractivity contribution in [2.24, 2.45) is 11.8 Å². The molecule has 59 heavy (non-hydrogen) atoms. The van der Waals surface area contributed by atoms with Gasteiger partial charge in [0.1, 0.15) is 13.2 Å². The Hall–Kier alpha value is -1.59. The van der Waals surface area contributed by atoms with E-state index in [2.05, 4.69) is 34.6 Å². The quantitative estimate of drug-likeness (QED) is 0.0345. The van der Waals surface area contributed by atoms with Crippen LogP contribution >= 0.6 is 0 Å². The van der Waals surface area contributed by atoms with Crippen LogP contribution in [0.15, 0.2) is 0 Å². The lowest BCUT2D eigenvalue weighted by atomic mass is 9.99. The van der Waals surface area contributed by atoms with Gasteiger partial charge in [-0.05, 0) is 31.1 Å². The first-order chi connectivity index (χ1) is 28.8. The van der Waals surface area contributed by atoms with Gasteiger partial charge >= 0.3 is 17.9 Å². The zero-order valence-electron chi connectivity index (χ0n) is 40.4. The van der Waals surface area contributed by atoms with E-state index >= 15 is 0 Å². The van der Waals surface area contributed by atoms with E-state index in [-0.39, 0.29) is 31.1 Å². The maximum atomic E-state index is 12.8. The standard InChI is InChI=1S/C53H102O6/c1-6-8-9-10-11-12-18-22-28-33-38-43-51(54)57-46-50(47-58-52(55)44-39-34-29-25-24-27-32-37-42-49(5)7-2)59-53(56)45-40-35-30-23-20-17-15-13-14-16-19-21-26-31-36-41-48(3)4/h48-50H,6-47H2,1-5H3/t49?,50-/m1/s1. The highest BCUT2D eigenvalue weighted by Crippen LogP contribution is 2.18. The third kappa shape index (κ3) is 45.8. The van der Waals surface area contributed by atoms with Crippen LogP contribution in [-0.4, -0.2) is 37.2 Å². The SMILES string of the molecule is CCCCCCCCCCCCCC(=O)OC[C@H](COC(=O)CCCCCCCCCCC(C)CC)OC(=O)CCCCCCCCCCCCCCCCCC(C)C. The fourth-order valence-electron chi connectivity index (χ4n) is 7.96. The number of hydrogen-bond acceptors (Lipinski definition) is 6. The molecule has 0 radical (unpaired) electrons. The van der Waals surface area contributed by atoms with Crippen molar-refractivity contribution in [2.45, 2.75) is 298 Å². The van der Waals surface area contributed by atoms with Crippen LogP contribution in [0.5, 0.6) is 0 Å². The van der Waals surface area contributed by atoms with Gasteiger partial charge in [0.05, 0.1) is 0 Å². The highest BCUT2D eigenvalue weighted by molar-refractivity contribution is 5.71. The smallest absolute Gasteiger partial charge is 0.306 e. The van der Waals surface area contributed by atoms with Crippen molar-refractivity contribution >= 4 is 17.9 Å².